The molecular weight excluding hydrogens is 248 g/mol. The molecule has 1 fully saturated rings. The lowest BCUT2D eigenvalue weighted by atomic mass is 10.1. The first-order valence-electron chi connectivity index (χ1n) is 7.60. The second-order valence-electron chi connectivity index (χ2n) is 5.24. The van der Waals surface area contributed by atoms with Gasteiger partial charge in [0.1, 0.15) is 5.75 Å². The van der Waals surface area contributed by atoms with Crippen molar-refractivity contribution in [3.05, 3.63) is 35.4 Å². The van der Waals surface area contributed by atoms with Gasteiger partial charge in [0, 0.05) is 25.2 Å². The summed E-state index contributed by atoms with van der Waals surface area (Å²) in [6.45, 7) is 7.76. The number of ether oxygens (including phenoxy) is 1. The molecule has 3 heteroatoms. The molecule has 0 unspecified atom stereocenters. The number of hydrogen-bond acceptors (Lipinski definition) is 3. The van der Waals surface area contributed by atoms with Crippen molar-refractivity contribution in [2.45, 2.75) is 19.8 Å². The topological polar surface area (TPSA) is 24.5 Å². The summed E-state index contributed by atoms with van der Waals surface area (Å²) in [5.74, 6) is 0.955. The zero-order chi connectivity index (χ0) is 14.2. The molecule has 0 bridgehead atoms. The summed E-state index contributed by atoms with van der Waals surface area (Å²) >= 11 is 0. The Kier molecular flexibility index (Phi) is 6.09. The summed E-state index contributed by atoms with van der Waals surface area (Å²) in [5.41, 5.74) is 2.53. The minimum Gasteiger partial charge on any atom is -0.496 e. The molecule has 20 heavy (non-hydrogen) atoms. The highest BCUT2D eigenvalue weighted by Crippen LogP contribution is 2.21. The summed E-state index contributed by atoms with van der Waals surface area (Å²) in [4.78, 5) is 2.49. The quantitative estimate of drug-likeness (QED) is 0.893. The largest absolute Gasteiger partial charge is 0.496 e. The minimum atomic E-state index is 0.955. The molecule has 1 aliphatic heterocycles. The fourth-order valence-electron chi connectivity index (χ4n) is 2.55. The smallest absolute Gasteiger partial charge is 0.126 e. The van der Waals surface area contributed by atoms with E-state index in [4.69, 9.17) is 4.74 Å². The van der Waals surface area contributed by atoms with E-state index in [-0.39, 0.29) is 0 Å². The Morgan fingerprint density at radius 2 is 2.20 bits per heavy atom. The highest BCUT2D eigenvalue weighted by atomic mass is 16.5. The predicted molar refractivity (Wildman–Crippen MR) is 85.3 cm³/mol. The average Bonchev–Trinajstić information content (AvgIpc) is 2.76. The van der Waals surface area contributed by atoms with Crippen LogP contribution in [0.2, 0.25) is 0 Å². The molecular formula is C17H26N2O. The summed E-state index contributed by atoms with van der Waals surface area (Å²) in [6.07, 6.45) is 6.74. The number of methoxy groups -OCH3 is 1. The standard InChI is InChI=1S/C17H26N2O/c1-3-15-7-8-17(20-2)16(14-15)6-4-11-19-12-5-9-18-10-13-19/h4,6-8,14,18H,3,5,9-13H2,1-2H3/b6-4+. The van der Waals surface area contributed by atoms with E-state index in [1.165, 1.54) is 24.1 Å². The lowest BCUT2D eigenvalue weighted by Crippen LogP contribution is -2.28. The summed E-state index contributed by atoms with van der Waals surface area (Å²) in [7, 11) is 1.73. The highest BCUT2D eigenvalue weighted by Gasteiger charge is 2.06. The molecule has 2 rings (SSSR count). The average molecular weight is 274 g/mol. The van der Waals surface area contributed by atoms with Gasteiger partial charge in [0.2, 0.25) is 0 Å². The van der Waals surface area contributed by atoms with Crippen LogP contribution in [0.3, 0.4) is 0 Å². The van der Waals surface area contributed by atoms with E-state index >= 15 is 0 Å². The zero-order valence-corrected chi connectivity index (χ0v) is 12.7. The Balaban J connectivity index is 1.98. The number of nitrogens with zero attached hydrogens (tertiary/aromatic N) is 1. The van der Waals surface area contributed by atoms with E-state index in [1.54, 1.807) is 7.11 Å². The maximum Gasteiger partial charge on any atom is 0.126 e. The van der Waals surface area contributed by atoms with Crippen LogP contribution in [0, 0.1) is 0 Å². The van der Waals surface area contributed by atoms with E-state index < -0.39 is 0 Å². The molecule has 1 saturated heterocycles. The first kappa shape index (κ1) is 15.1. The maximum atomic E-state index is 5.43. The van der Waals surface area contributed by atoms with Gasteiger partial charge in [-0.1, -0.05) is 25.1 Å². The number of nitrogens with one attached hydrogen (secondary N) is 1. The maximum absolute atomic E-state index is 5.43. The molecule has 0 amide bonds. The van der Waals surface area contributed by atoms with Crippen LogP contribution in [0.4, 0.5) is 0 Å². The van der Waals surface area contributed by atoms with Gasteiger partial charge >= 0.3 is 0 Å². The van der Waals surface area contributed by atoms with Crippen LogP contribution in [0.15, 0.2) is 24.3 Å². The molecule has 1 aliphatic rings. The number of hydrogen-bond donors (Lipinski definition) is 1. The molecule has 0 radical (unpaired) electrons. The lowest BCUT2D eigenvalue weighted by Gasteiger charge is -2.16. The molecule has 1 aromatic rings. The van der Waals surface area contributed by atoms with Gasteiger partial charge in [-0.15, -0.1) is 0 Å². The second-order valence-corrected chi connectivity index (χ2v) is 5.24. The van der Waals surface area contributed by atoms with Gasteiger partial charge in [-0.3, -0.25) is 4.90 Å². The van der Waals surface area contributed by atoms with E-state index in [0.717, 1.165) is 38.3 Å². The van der Waals surface area contributed by atoms with Gasteiger partial charge in [0.15, 0.2) is 0 Å². The molecule has 3 nitrogen and oxygen atoms in total. The first-order valence-corrected chi connectivity index (χ1v) is 7.60. The molecule has 1 aromatic carbocycles. The Hall–Kier alpha value is -1.32. The normalized spacial score (nSPS) is 17.3. The molecule has 110 valence electrons. The molecule has 0 spiro atoms. The van der Waals surface area contributed by atoms with Gasteiger partial charge in [0.25, 0.3) is 0 Å². The lowest BCUT2D eigenvalue weighted by molar-refractivity contribution is 0.324. The minimum absolute atomic E-state index is 0.955. The van der Waals surface area contributed by atoms with E-state index in [9.17, 15) is 0 Å². The van der Waals surface area contributed by atoms with Crippen LogP contribution >= 0.6 is 0 Å². The third kappa shape index (κ3) is 4.36. The van der Waals surface area contributed by atoms with Gasteiger partial charge in [0.05, 0.1) is 7.11 Å². The van der Waals surface area contributed by atoms with Crippen LogP contribution in [0.1, 0.15) is 24.5 Å². The van der Waals surface area contributed by atoms with E-state index in [1.807, 2.05) is 0 Å². The second kappa shape index (κ2) is 8.08. The third-order valence-electron chi connectivity index (χ3n) is 3.80. The number of rotatable bonds is 5. The third-order valence-corrected chi connectivity index (χ3v) is 3.80. The molecule has 0 aromatic heterocycles. The van der Waals surface area contributed by atoms with Gasteiger partial charge in [-0.05, 0) is 43.6 Å². The molecule has 0 saturated carbocycles. The van der Waals surface area contributed by atoms with Crippen molar-refractivity contribution in [1.29, 1.82) is 0 Å². The molecule has 0 atom stereocenters. The Labute approximate surface area is 122 Å². The summed E-state index contributed by atoms with van der Waals surface area (Å²) < 4.78 is 5.43. The number of benzene rings is 1. The Bertz CT molecular complexity index is 435. The van der Waals surface area contributed by atoms with Crippen molar-refractivity contribution in [3.63, 3.8) is 0 Å². The zero-order valence-electron chi connectivity index (χ0n) is 12.7. The van der Waals surface area contributed by atoms with Gasteiger partial charge in [-0.2, -0.15) is 0 Å². The van der Waals surface area contributed by atoms with Crippen molar-refractivity contribution in [2.75, 3.05) is 39.8 Å². The van der Waals surface area contributed by atoms with Crippen molar-refractivity contribution < 1.29 is 4.74 Å². The molecule has 1 heterocycles. The van der Waals surface area contributed by atoms with Crippen LogP contribution < -0.4 is 10.1 Å². The van der Waals surface area contributed by atoms with Gasteiger partial charge in [-0.25, -0.2) is 0 Å². The van der Waals surface area contributed by atoms with Gasteiger partial charge < -0.3 is 10.1 Å². The summed E-state index contributed by atoms with van der Waals surface area (Å²) in [6, 6.07) is 6.42. The molecule has 1 N–H and O–H groups in total. The van der Waals surface area contributed by atoms with Crippen molar-refractivity contribution in [1.82, 2.24) is 10.2 Å². The number of aryl methyl sites for hydroxylation is 1. The van der Waals surface area contributed by atoms with Crippen molar-refractivity contribution >= 4 is 6.08 Å². The van der Waals surface area contributed by atoms with Crippen molar-refractivity contribution in [3.8, 4) is 5.75 Å². The van der Waals surface area contributed by atoms with E-state index in [2.05, 4.69) is 47.5 Å². The Morgan fingerprint density at radius 1 is 1.30 bits per heavy atom. The van der Waals surface area contributed by atoms with Crippen LogP contribution in [-0.4, -0.2) is 44.7 Å². The van der Waals surface area contributed by atoms with Crippen LogP contribution in [0.5, 0.6) is 5.75 Å². The molecule has 0 aliphatic carbocycles. The van der Waals surface area contributed by atoms with Crippen molar-refractivity contribution in [2.24, 2.45) is 0 Å². The fraction of sp³-hybridized carbons (Fsp3) is 0.529. The SMILES string of the molecule is CCc1ccc(OC)c(/C=C/CN2CCCNCC2)c1. The predicted octanol–water partition coefficient (Wildman–Crippen LogP) is 2.57. The van der Waals surface area contributed by atoms with Crippen LogP contribution in [0.25, 0.3) is 6.08 Å². The Morgan fingerprint density at radius 3 is 3.00 bits per heavy atom. The van der Waals surface area contributed by atoms with Crippen LogP contribution in [-0.2, 0) is 6.42 Å². The summed E-state index contributed by atoms with van der Waals surface area (Å²) in [5, 5.41) is 3.43. The van der Waals surface area contributed by atoms with E-state index in [0.29, 0.717) is 0 Å². The fourth-order valence-corrected chi connectivity index (χ4v) is 2.55. The first-order chi connectivity index (χ1) is 9.83. The monoisotopic (exact) mass is 274 g/mol. The highest BCUT2D eigenvalue weighted by molar-refractivity contribution is 5.58.